The molecule has 0 saturated heterocycles. The fourth-order valence-corrected chi connectivity index (χ4v) is 1.07. The van der Waals surface area contributed by atoms with Crippen LogP contribution < -0.4 is 10.5 Å². The third kappa shape index (κ3) is 3.41. The molecular weight excluding hydrogens is 198 g/mol. The van der Waals surface area contributed by atoms with Crippen molar-refractivity contribution in [3.05, 3.63) is 22.2 Å². The van der Waals surface area contributed by atoms with Gasteiger partial charge in [-0.1, -0.05) is 0 Å². The first-order valence-corrected chi connectivity index (χ1v) is 4.48. The number of hydrogen-bond donors (Lipinski definition) is 2. The molecule has 0 fully saturated rings. The second kappa shape index (κ2) is 4.59. The van der Waals surface area contributed by atoms with Crippen LogP contribution in [0.5, 0.6) is 0 Å². The van der Waals surface area contributed by atoms with Gasteiger partial charge in [0.25, 0.3) is 5.56 Å². The molecule has 0 aromatic carbocycles. The maximum Gasteiger partial charge on any atom is 0.303 e. The van der Waals surface area contributed by atoms with E-state index in [9.17, 15) is 9.59 Å². The molecule has 1 heterocycles. The first-order chi connectivity index (χ1) is 6.99. The highest BCUT2D eigenvalue weighted by Gasteiger charge is 2.05. The first-order valence-electron chi connectivity index (χ1n) is 4.48. The smallest absolute Gasteiger partial charge is 0.303 e. The van der Waals surface area contributed by atoms with Gasteiger partial charge in [-0.25, -0.2) is 4.98 Å². The van der Waals surface area contributed by atoms with Gasteiger partial charge in [-0.3, -0.25) is 9.59 Å². The van der Waals surface area contributed by atoms with E-state index in [1.54, 1.807) is 19.0 Å². The average molecular weight is 211 g/mol. The fraction of sp³-hybridized carbons (Fsp3) is 0.444. The second-order valence-corrected chi connectivity index (χ2v) is 3.34. The number of nitrogens with one attached hydrogen (secondary N) is 1. The van der Waals surface area contributed by atoms with Gasteiger partial charge in [-0.05, 0) is 0 Å². The number of aromatic amines is 1. The number of carbonyl (C=O) groups is 1. The molecule has 0 aliphatic rings. The zero-order valence-corrected chi connectivity index (χ0v) is 8.65. The van der Waals surface area contributed by atoms with E-state index >= 15 is 0 Å². The van der Waals surface area contributed by atoms with E-state index in [0.29, 0.717) is 11.6 Å². The molecule has 0 spiro atoms. The normalized spacial score (nSPS) is 10.0. The fourth-order valence-electron chi connectivity index (χ4n) is 1.07. The van der Waals surface area contributed by atoms with Gasteiger partial charge in [-0.2, -0.15) is 0 Å². The lowest BCUT2D eigenvalue weighted by Crippen LogP contribution is -2.18. The van der Waals surface area contributed by atoms with Crippen molar-refractivity contribution in [3.8, 4) is 0 Å². The maximum absolute atomic E-state index is 11.2. The molecule has 1 aromatic rings. The molecular formula is C9H13N3O3. The molecule has 2 N–H and O–H groups in total. The van der Waals surface area contributed by atoms with Crippen LogP contribution in [-0.2, 0) is 11.2 Å². The van der Waals surface area contributed by atoms with Crippen LogP contribution in [0.25, 0.3) is 0 Å². The van der Waals surface area contributed by atoms with Crippen LogP contribution in [0.1, 0.15) is 12.2 Å². The molecule has 0 atom stereocenters. The highest BCUT2D eigenvalue weighted by molar-refractivity contribution is 5.66. The standard InChI is InChI=1S/C9H13N3O3/c1-12(2)7-5-8(13)11-6(10-7)3-4-9(14)15/h5H,3-4H2,1-2H3,(H,14,15)(H,10,11,13). The van der Waals surface area contributed by atoms with E-state index in [1.807, 2.05) is 0 Å². The molecule has 6 nitrogen and oxygen atoms in total. The lowest BCUT2D eigenvalue weighted by molar-refractivity contribution is -0.137. The summed E-state index contributed by atoms with van der Waals surface area (Å²) in [6.45, 7) is 0. The number of carboxylic acid groups (broad SMARTS) is 1. The average Bonchev–Trinajstić information content (AvgIpc) is 2.13. The van der Waals surface area contributed by atoms with Crippen LogP contribution in [0.3, 0.4) is 0 Å². The molecule has 6 heteroatoms. The Balaban J connectivity index is 2.89. The minimum atomic E-state index is -0.909. The molecule has 0 unspecified atom stereocenters. The van der Waals surface area contributed by atoms with Crippen LogP contribution in [0, 0.1) is 0 Å². The van der Waals surface area contributed by atoms with Crippen LogP contribution in [0.4, 0.5) is 5.82 Å². The zero-order valence-electron chi connectivity index (χ0n) is 8.65. The van der Waals surface area contributed by atoms with Gasteiger partial charge in [-0.15, -0.1) is 0 Å². The summed E-state index contributed by atoms with van der Waals surface area (Å²) in [5.74, 6) is 0.0145. The van der Waals surface area contributed by atoms with Gasteiger partial charge in [0.05, 0.1) is 6.42 Å². The van der Waals surface area contributed by atoms with Crippen LogP contribution in [0.15, 0.2) is 10.9 Å². The van der Waals surface area contributed by atoms with E-state index in [2.05, 4.69) is 9.97 Å². The molecule has 1 aromatic heterocycles. The summed E-state index contributed by atoms with van der Waals surface area (Å²) in [5.41, 5.74) is -0.269. The molecule has 0 radical (unpaired) electrons. The predicted octanol–water partition coefficient (Wildman–Crippen LogP) is -0.147. The number of hydrogen-bond acceptors (Lipinski definition) is 4. The van der Waals surface area contributed by atoms with E-state index in [1.165, 1.54) is 6.07 Å². The van der Waals surface area contributed by atoms with Gasteiger partial charge in [0, 0.05) is 26.6 Å². The summed E-state index contributed by atoms with van der Waals surface area (Å²) in [6.07, 6.45) is 0.187. The van der Waals surface area contributed by atoms with Crippen molar-refractivity contribution in [3.63, 3.8) is 0 Å². The third-order valence-electron chi connectivity index (χ3n) is 1.81. The lowest BCUT2D eigenvalue weighted by Gasteiger charge is -2.11. The minimum Gasteiger partial charge on any atom is -0.481 e. The second-order valence-electron chi connectivity index (χ2n) is 3.34. The Morgan fingerprint density at radius 1 is 1.60 bits per heavy atom. The van der Waals surface area contributed by atoms with Crippen molar-refractivity contribution in [1.29, 1.82) is 0 Å². The Bertz CT molecular complexity index is 411. The monoisotopic (exact) mass is 211 g/mol. The molecule has 15 heavy (non-hydrogen) atoms. The van der Waals surface area contributed by atoms with Crippen molar-refractivity contribution in [2.45, 2.75) is 12.8 Å². The molecule has 1 rings (SSSR count). The van der Waals surface area contributed by atoms with Crippen molar-refractivity contribution < 1.29 is 9.90 Å². The van der Waals surface area contributed by atoms with Gasteiger partial charge < -0.3 is 15.0 Å². The third-order valence-corrected chi connectivity index (χ3v) is 1.81. The predicted molar refractivity (Wildman–Crippen MR) is 55.1 cm³/mol. The Kier molecular flexibility index (Phi) is 3.43. The van der Waals surface area contributed by atoms with Crippen molar-refractivity contribution in [2.75, 3.05) is 19.0 Å². The summed E-state index contributed by atoms with van der Waals surface area (Å²) >= 11 is 0. The maximum atomic E-state index is 11.2. The van der Waals surface area contributed by atoms with Gasteiger partial charge in [0.1, 0.15) is 11.6 Å². The molecule has 0 aliphatic carbocycles. The Hall–Kier alpha value is -1.85. The Morgan fingerprint density at radius 2 is 2.27 bits per heavy atom. The van der Waals surface area contributed by atoms with E-state index < -0.39 is 5.97 Å². The number of H-pyrrole nitrogens is 1. The SMILES string of the molecule is CN(C)c1cc(=O)[nH]c(CCC(=O)O)n1. The lowest BCUT2D eigenvalue weighted by atomic mass is 10.3. The minimum absolute atomic E-state index is 0.0418. The van der Waals surface area contributed by atoms with Crippen LogP contribution in [0.2, 0.25) is 0 Å². The number of nitrogens with zero attached hydrogens (tertiary/aromatic N) is 2. The molecule has 0 aliphatic heterocycles. The summed E-state index contributed by atoms with van der Waals surface area (Å²) in [4.78, 5) is 29.8. The van der Waals surface area contributed by atoms with Gasteiger partial charge in [0.15, 0.2) is 0 Å². The van der Waals surface area contributed by atoms with E-state index in [0.717, 1.165) is 0 Å². The zero-order chi connectivity index (χ0) is 11.4. The van der Waals surface area contributed by atoms with Crippen LogP contribution in [-0.4, -0.2) is 35.1 Å². The highest BCUT2D eigenvalue weighted by atomic mass is 16.4. The largest absolute Gasteiger partial charge is 0.481 e. The number of aromatic nitrogens is 2. The van der Waals surface area contributed by atoms with Crippen LogP contribution >= 0.6 is 0 Å². The summed E-state index contributed by atoms with van der Waals surface area (Å²) in [5, 5.41) is 8.49. The Labute approximate surface area is 86.6 Å². The number of rotatable bonds is 4. The number of anilines is 1. The van der Waals surface area contributed by atoms with Gasteiger partial charge >= 0.3 is 5.97 Å². The Morgan fingerprint density at radius 3 is 2.80 bits per heavy atom. The topological polar surface area (TPSA) is 86.3 Å². The summed E-state index contributed by atoms with van der Waals surface area (Å²) in [7, 11) is 3.53. The highest BCUT2D eigenvalue weighted by Crippen LogP contribution is 2.03. The van der Waals surface area contributed by atoms with Crippen molar-refractivity contribution in [2.24, 2.45) is 0 Å². The summed E-state index contributed by atoms with van der Waals surface area (Å²) in [6, 6.07) is 1.37. The molecule has 0 saturated carbocycles. The molecule has 82 valence electrons. The number of carboxylic acids is 1. The number of aryl methyl sites for hydroxylation is 1. The van der Waals surface area contributed by atoms with Crippen molar-refractivity contribution >= 4 is 11.8 Å². The number of aliphatic carboxylic acids is 1. The molecule has 0 amide bonds. The van der Waals surface area contributed by atoms with Crippen molar-refractivity contribution in [1.82, 2.24) is 9.97 Å². The summed E-state index contributed by atoms with van der Waals surface area (Å²) < 4.78 is 0. The molecule has 0 bridgehead atoms. The van der Waals surface area contributed by atoms with Gasteiger partial charge in [0.2, 0.25) is 0 Å². The van der Waals surface area contributed by atoms with E-state index in [-0.39, 0.29) is 18.4 Å². The van der Waals surface area contributed by atoms with E-state index in [4.69, 9.17) is 5.11 Å². The first kappa shape index (κ1) is 11.2. The quantitative estimate of drug-likeness (QED) is 0.723.